The molecule has 0 spiro atoms. The number of rotatable bonds is 6. The van der Waals surface area contributed by atoms with Crippen molar-refractivity contribution in [3.63, 3.8) is 0 Å². The minimum atomic E-state index is -0.232. The number of benzene rings is 2. The number of ether oxygens (including phenoxy) is 2. The van der Waals surface area contributed by atoms with Crippen LogP contribution in [0.4, 0.5) is 10.1 Å². The highest BCUT2D eigenvalue weighted by molar-refractivity contribution is 7.80. The predicted octanol–water partition coefficient (Wildman–Crippen LogP) is 3.19. The van der Waals surface area contributed by atoms with Crippen LogP contribution in [0.15, 0.2) is 48.5 Å². The maximum atomic E-state index is 13.3. The van der Waals surface area contributed by atoms with Crippen LogP contribution in [-0.4, -0.2) is 50.0 Å². The quantitative estimate of drug-likeness (QED) is 0.740. The van der Waals surface area contributed by atoms with Crippen LogP contribution in [0.25, 0.3) is 0 Å². The van der Waals surface area contributed by atoms with Gasteiger partial charge in [0.2, 0.25) is 0 Å². The molecule has 1 saturated heterocycles. The van der Waals surface area contributed by atoms with Crippen LogP contribution >= 0.6 is 12.2 Å². The van der Waals surface area contributed by atoms with Gasteiger partial charge in [-0.05, 0) is 54.2 Å². The molecule has 1 fully saturated rings. The Kier molecular flexibility index (Phi) is 6.98. The summed E-state index contributed by atoms with van der Waals surface area (Å²) in [5.41, 5.74) is 1.94. The lowest BCUT2D eigenvalue weighted by Crippen LogP contribution is -2.44. The Balaban J connectivity index is 1.62. The lowest BCUT2D eigenvalue weighted by atomic mass is 10.0. The summed E-state index contributed by atoms with van der Waals surface area (Å²) >= 11 is 5.43. The summed E-state index contributed by atoms with van der Waals surface area (Å²) in [5, 5.41) is 7.00. The molecule has 1 aliphatic rings. The zero-order valence-electron chi connectivity index (χ0n) is 15.3. The first-order chi connectivity index (χ1) is 13.2. The van der Waals surface area contributed by atoms with Gasteiger partial charge in [0.05, 0.1) is 26.4 Å². The highest BCUT2D eigenvalue weighted by Crippen LogP contribution is 2.22. The summed E-state index contributed by atoms with van der Waals surface area (Å²) in [4.78, 5) is 2.33. The number of methoxy groups -OCH3 is 1. The first kappa shape index (κ1) is 19.5. The summed E-state index contributed by atoms with van der Waals surface area (Å²) in [7, 11) is 1.63. The molecular weight excluding hydrogens is 365 g/mol. The number of morpholine rings is 1. The van der Waals surface area contributed by atoms with Gasteiger partial charge in [0, 0.05) is 25.3 Å². The van der Waals surface area contributed by atoms with E-state index in [0.717, 1.165) is 30.1 Å². The van der Waals surface area contributed by atoms with Gasteiger partial charge in [-0.3, -0.25) is 4.90 Å². The minimum Gasteiger partial charge on any atom is -0.497 e. The fraction of sp³-hybridized carbons (Fsp3) is 0.350. The van der Waals surface area contributed by atoms with Crippen LogP contribution in [0.3, 0.4) is 0 Å². The number of hydrogen-bond donors (Lipinski definition) is 2. The topological polar surface area (TPSA) is 45.8 Å². The van der Waals surface area contributed by atoms with Crippen LogP contribution in [0.1, 0.15) is 11.6 Å². The summed E-state index contributed by atoms with van der Waals surface area (Å²) in [6.45, 7) is 3.69. The van der Waals surface area contributed by atoms with E-state index < -0.39 is 0 Å². The van der Waals surface area contributed by atoms with Crippen LogP contribution in [0.2, 0.25) is 0 Å². The standard InChI is InChI=1S/C20H24FN3O2S/c1-25-18-8-6-17(7-9-18)23-20(27)22-14-19(24-10-12-26-13-11-24)15-2-4-16(21)5-3-15/h2-9,19H,10-14H2,1H3,(H2,22,23,27)/t19-/m1/s1. The molecule has 3 rings (SSSR count). The van der Waals surface area contributed by atoms with Crippen molar-refractivity contribution in [1.82, 2.24) is 10.2 Å². The van der Waals surface area contributed by atoms with E-state index >= 15 is 0 Å². The molecule has 1 atom stereocenters. The van der Waals surface area contributed by atoms with Crippen molar-refractivity contribution in [2.75, 3.05) is 45.3 Å². The first-order valence-electron chi connectivity index (χ1n) is 8.92. The third-order valence-electron chi connectivity index (χ3n) is 4.55. The van der Waals surface area contributed by atoms with Gasteiger partial charge in [0.25, 0.3) is 0 Å². The van der Waals surface area contributed by atoms with Crippen molar-refractivity contribution in [2.45, 2.75) is 6.04 Å². The molecule has 5 nitrogen and oxygen atoms in total. The second kappa shape index (κ2) is 9.64. The number of nitrogens with zero attached hydrogens (tertiary/aromatic N) is 1. The van der Waals surface area contributed by atoms with Crippen LogP contribution in [0.5, 0.6) is 5.75 Å². The maximum absolute atomic E-state index is 13.3. The third kappa shape index (κ3) is 5.63. The largest absolute Gasteiger partial charge is 0.497 e. The average Bonchev–Trinajstić information content (AvgIpc) is 2.71. The van der Waals surface area contributed by atoms with Gasteiger partial charge in [0.1, 0.15) is 11.6 Å². The van der Waals surface area contributed by atoms with E-state index in [1.165, 1.54) is 12.1 Å². The Morgan fingerprint density at radius 3 is 2.44 bits per heavy atom. The molecular formula is C20H24FN3O2S. The van der Waals surface area contributed by atoms with Gasteiger partial charge in [0.15, 0.2) is 5.11 Å². The summed E-state index contributed by atoms with van der Waals surface area (Å²) in [6, 6.07) is 14.3. The van der Waals surface area contributed by atoms with E-state index in [1.54, 1.807) is 7.11 Å². The first-order valence-corrected chi connectivity index (χ1v) is 9.32. The molecule has 0 unspecified atom stereocenters. The molecule has 7 heteroatoms. The van der Waals surface area contributed by atoms with Gasteiger partial charge < -0.3 is 20.1 Å². The zero-order valence-corrected chi connectivity index (χ0v) is 16.1. The molecule has 0 bridgehead atoms. The van der Waals surface area contributed by atoms with Gasteiger partial charge in [-0.25, -0.2) is 4.39 Å². The van der Waals surface area contributed by atoms with Crippen molar-refractivity contribution >= 4 is 23.0 Å². The van der Waals surface area contributed by atoms with Gasteiger partial charge in [-0.1, -0.05) is 12.1 Å². The Hall–Kier alpha value is -2.22. The normalized spacial score (nSPS) is 15.8. The molecule has 27 heavy (non-hydrogen) atoms. The Labute approximate surface area is 164 Å². The Morgan fingerprint density at radius 2 is 1.81 bits per heavy atom. The molecule has 1 aliphatic heterocycles. The number of halogens is 1. The number of thiocarbonyl (C=S) groups is 1. The van der Waals surface area contributed by atoms with Crippen molar-refractivity contribution < 1.29 is 13.9 Å². The number of anilines is 1. The summed E-state index contributed by atoms with van der Waals surface area (Å²) in [6.07, 6.45) is 0. The molecule has 2 aromatic carbocycles. The van der Waals surface area contributed by atoms with Gasteiger partial charge in [-0.2, -0.15) is 0 Å². The van der Waals surface area contributed by atoms with E-state index in [0.29, 0.717) is 24.9 Å². The van der Waals surface area contributed by atoms with Gasteiger partial charge in [-0.15, -0.1) is 0 Å². The predicted molar refractivity (Wildman–Crippen MR) is 109 cm³/mol. The number of hydrogen-bond acceptors (Lipinski definition) is 4. The second-order valence-electron chi connectivity index (χ2n) is 6.28. The van der Waals surface area contributed by atoms with E-state index in [4.69, 9.17) is 21.7 Å². The molecule has 0 aliphatic carbocycles. The molecule has 0 radical (unpaired) electrons. The fourth-order valence-corrected chi connectivity index (χ4v) is 3.27. The van der Waals surface area contributed by atoms with Crippen LogP contribution in [-0.2, 0) is 4.74 Å². The lowest BCUT2D eigenvalue weighted by Gasteiger charge is -2.35. The maximum Gasteiger partial charge on any atom is 0.170 e. The molecule has 1 heterocycles. The average molecular weight is 389 g/mol. The number of nitrogens with one attached hydrogen (secondary N) is 2. The van der Waals surface area contributed by atoms with E-state index in [2.05, 4.69) is 15.5 Å². The summed E-state index contributed by atoms with van der Waals surface area (Å²) < 4.78 is 23.9. The smallest absolute Gasteiger partial charge is 0.170 e. The molecule has 2 N–H and O–H groups in total. The molecule has 2 aromatic rings. The SMILES string of the molecule is COc1ccc(NC(=S)NC[C@H](c2ccc(F)cc2)N2CCOCC2)cc1. The Bertz CT molecular complexity index is 734. The zero-order chi connectivity index (χ0) is 19.1. The molecule has 0 aromatic heterocycles. The van der Waals surface area contributed by atoms with E-state index in [9.17, 15) is 4.39 Å². The third-order valence-corrected chi connectivity index (χ3v) is 4.79. The van der Waals surface area contributed by atoms with E-state index in [1.807, 2.05) is 36.4 Å². The van der Waals surface area contributed by atoms with E-state index in [-0.39, 0.29) is 11.9 Å². The van der Waals surface area contributed by atoms with Crippen molar-refractivity contribution in [2.24, 2.45) is 0 Å². The highest BCUT2D eigenvalue weighted by atomic mass is 32.1. The monoisotopic (exact) mass is 389 g/mol. The van der Waals surface area contributed by atoms with Crippen molar-refractivity contribution in [3.8, 4) is 5.75 Å². The highest BCUT2D eigenvalue weighted by Gasteiger charge is 2.22. The fourth-order valence-electron chi connectivity index (χ4n) is 3.07. The second-order valence-corrected chi connectivity index (χ2v) is 6.69. The summed E-state index contributed by atoms with van der Waals surface area (Å²) in [5.74, 6) is 0.562. The van der Waals surface area contributed by atoms with Crippen LogP contribution < -0.4 is 15.4 Å². The molecule has 0 amide bonds. The van der Waals surface area contributed by atoms with Crippen LogP contribution in [0, 0.1) is 5.82 Å². The lowest BCUT2D eigenvalue weighted by molar-refractivity contribution is 0.0170. The van der Waals surface area contributed by atoms with Crippen molar-refractivity contribution in [3.05, 3.63) is 59.9 Å². The van der Waals surface area contributed by atoms with Gasteiger partial charge >= 0.3 is 0 Å². The molecule has 0 saturated carbocycles. The minimum absolute atomic E-state index is 0.0881. The Morgan fingerprint density at radius 1 is 1.15 bits per heavy atom. The molecule has 144 valence electrons. The van der Waals surface area contributed by atoms with Crippen molar-refractivity contribution in [1.29, 1.82) is 0 Å².